The summed E-state index contributed by atoms with van der Waals surface area (Å²) >= 11 is 6.22. The number of hydrogen-bond donors (Lipinski definition) is 1. The first-order chi connectivity index (χ1) is 15.7. The van der Waals surface area contributed by atoms with E-state index in [-0.39, 0.29) is 16.5 Å². The molecule has 1 aliphatic heterocycles. The molecule has 7 nitrogen and oxygen atoms in total. The van der Waals surface area contributed by atoms with Crippen molar-refractivity contribution in [1.29, 1.82) is 0 Å². The van der Waals surface area contributed by atoms with Crippen molar-refractivity contribution in [2.75, 3.05) is 35.8 Å². The highest BCUT2D eigenvalue weighted by Gasteiger charge is 2.24. The van der Waals surface area contributed by atoms with Crippen molar-refractivity contribution in [1.82, 2.24) is 9.88 Å². The van der Waals surface area contributed by atoms with Crippen LogP contribution >= 0.6 is 11.6 Å². The molecule has 1 saturated heterocycles. The van der Waals surface area contributed by atoms with E-state index in [1.54, 1.807) is 48.4 Å². The monoisotopic (exact) mass is 488 g/mol. The standard InChI is InChI=1S/C23H22ClFN4O3S/c1-16-7-8-19(15-21(16)25)33(31,32)27-18-5-2-4-17(14-18)23(30)29-12-10-28(11-13-29)22-20(24)6-3-9-26-22/h2-9,14-15,27H,10-13H2,1H3. The molecule has 2 heterocycles. The fourth-order valence-electron chi connectivity index (χ4n) is 3.58. The van der Waals surface area contributed by atoms with E-state index in [2.05, 4.69) is 9.71 Å². The molecule has 0 aliphatic carbocycles. The molecular weight excluding hydrogens is 467 g/mol. The molecule has 0 bridgehead atoms. The first-order valence-corrected chi connectivity index (χ1v) is 12.1. The van der Waals surface area contributed by atoms with Gasteiger partial charge in [-0.2, -0.15) is 0 Å². The third-order valence-electron chi connectivity index (χ3n) is 5.42. The lowest BCUT2D eigenvalue weighted by molar-refractivity contribution is 0.0746. The van der Waals surface area contributed by atoms with Gasteiger partial charge in [-0.15, -0.1) is 0 Å². The first-order valence-electron chi connectivity index (χ1n) is 10.3. The summed E-state index contributed by atoms with van der Waals surface area (Å²) in [6.07, 6.45) is 1.68. The lowest BCUT2D eigenvalue weighted by atomic mass is 10.1. The Morgan fingerprint density at radius 3 is 2.52 bits per heavy atom. The number of halogens is 2. The summed E-state index contributed by atoms with van der Waals surface area (Å²) in [5.41, 5.74) is 0.933. The molecule has 172 valence electrons. The Labute approximate surface area is 196 Å². The van der Waals surface area contributed by atoms with Gasteiger partial charge in [-0.05, 0) is 55.0 Å². The van der Waals surface area contributed by atoms with Gasteiger partial charge in [-0.25, -0.2) is 17.8 Å². The van der Waals surface area contributed by atoms with Crippen LogP contribution in [-0.4, -0.2) is 50.4 Å². The second-order valence-electron chi connectivity index (χ2n) is 7.69. The average molecular weight is 489 g/mol. The van der Waals surface area contributed by atoms with Crippen molar-refractivity contribution < 1.29 is 17.6 Å². The second-order valence-corrected chi connectivity index (χ2v) is 9.77. The van der Waals surface area contributed by atoms with Gasteiger partial charge < -0.3 is 9.80 Å². The van der Waals surface area contributed by atoms with Crippen LogP contribution in [0.3, 0.4) is 0 Å². The number of hydrogen-bond acceptors (Lipinski definition) is 5. The number of nitrogens with one attached hydrogen (secondary N) is 1. The van der Waals surface area contributed by atoms with Crippen LogP contribution in [0.4, 0.5) is 15.9 Å². The number of aromatic nitrogens is 1. The van der Waals surface area contributed by atoms with Crippen molar-refractivity contribution in [2.24, 2.45) is 0 Å². The van der Waals surface area contributed by atoms with Gasteiger partial charge in [0.25, 0.3) is 15.9 Å². The summed E-state index contributed by atoms with van der Waals surface area (Å²) in [6.45, 7) is 3.66. The summed E-state index contributed by atoms with van der Waals surface area (Å²) in [5, 5.41) is 0.561. The van der Waals surface area contributed by atoms with Crippen LogP contribution < -0.4 is 9.62 Å². The zero-order valence-corrected chi connectivity index (χ0v) is 19.4. The van der Waals surface area contributed by atoms with E-state index in [1.165, 1.54) is 18.2 Å². The number of anilines is 2. The fourth-order valence-corrected chi connectivity index (χ4v) is 4.89. The van der Waals surface area contributed by atoms with Crippen LogP contribution in [0.25, 0.3) is 0 Å². The van der Waals surface area contributed by atoms with Gasteiger partial charge >= 0.3 is 0 Å². The molecule has 33 heavy (non-hydrogen) atoms. The molecule has 3 aromatic rings. The summed E-state index contributed by atoms with van der Waals surface area (Å²) < 4.78 is 41.5. The maximum atomic E-state index is 13.8. The van der Waals surface area contributed by atoms with Crippen LogP contribution in [0.1, 0.15) is 15.9 Å². The van der Waals surface area contributed by atoms with E-state index in [4.69, 9.17) is 11.6 Å². The van der Waals surface area contributed by atoms with Gasteiger partial charge in [0.2, 0.25) is 0 Å². The highest BCUT2D eigenvalue weighted by atomic mass is 35.5. The second kappa shape index (κ2) is 9.36. The molecule has 0 spiro atoms. The zero-order valence-electron chi connectivity index (χ0n) is 17.8. The van der Waals surface area contributed by atoms with Crippen molar-refractivity contribution >= 4 is 39.0 Å². The Hall–Kier alpha value is -3.17. The smallest absolute Gasteiger partial charge is 0.261 e. The van der Waals surface area contributed by atoms with Gasteiger partial charge in [0, 0.05) is 43.6 Å². The molecule has 1 aromatic heterocycles. The largest absolute Gasteiger partial charge is 0.352 e. The van der Waals surface area contributed by atoms with E-state index in [0.29, 0.717) is 48.1 Å². The highest BCUT2D eigenvalue weighted by molar-refractivity contribution is 7.92. The summed E-state index contributed by atoms with van der Waals surface area (Å²) in [5.74, 6) is -0.118. The number of amides is 1. The number of benzene rings is 2. The maximum Gasteiger partial charge on any atom is 0.261 e. The summed E-state index contributed by atoms with van der Waals surface area (Å²) in [4.78, 5) is 20.9. The molecule has 2 aromatic carbocycles. The summed E-state index contributed by atoms with van der Waals surface area (Å²) in [6, 6.07) is 13.5. The minimum absolute atomic E-state index is 0.188. The fraction of sp³-hybridized carbons (Fsp3) is 0.217. The molecule has 0 radical (unpaired) electrons. The Morgan fingerprint density at radius 2 is 1.82 bits per heavy atom. The number of piperazine rings is 1. The summed E-state index contributed by atoms with van der Waals surface area (Å²) in [7, 11) is -4.00. The molecule has 0 atom stereocenters. The number of carbonyl (C=O) groups excluding carboxylic acids is 1. The van der Waals surface area contributed by atoms with Crippen LogP contribution in [-0.2, 0) is 10.0 Å². The predicted octanol–water partition coefficient (Wildman–Crippen LogP) is 3.95. The molecule has 1 N–H and O–H groups in total. The van der Waals surface area contributed by atoms with Gasteiger partial charge in [0.05, 0.1) is 9.92 Å². The van der Waals surface area contributed by atoms with E-state index < -0.39 is 15.8 Å². The van der Waals surface area contributed by atoms with Crippen LogP contribution in [0.2, 0.25) is 5.02 Å². The zero-order chi connectivity index (χ0) is 23.6. The van der Waals surface area contributed by atoms with Crippen molar-refractivity contribution in [2.45, 2.75) is 11.8 Å². The Bertz CT molecular complexity index is 1290. The minimum atomic E-state index is -4.00. The molecule has 1 fully saturated rings. The third-order valence-corrected chi connectivity index (χ3v) is 7.09. The molecule has 1 amide bonds. The van der Waals surface area contributed by atoms with E-state index in [0.717, 1.165) is 6.07 Å². The van der Waals surface area contributed by atoms with Crippen molar-refractivity contribution in [3.8, 4) is 0 Å². The minimum Gasteiger partial charge on any atom is -0.352 e. The van der Waals surface area contributed by atoms with E-state index in [1.807, 2.05) is 4.90 Å². The Kier molecular flexibility index (Phi) is 6.53. The number of nitrogens with zero attached hydrogens (tertiary/aromatic N) is 3. The molecule has 10 heteroatoms. The molecule has 0 saturated carbocycles. The number of sulfonamides is 1. The van der Waals surface area contributed by atoms with Gasteiger partial charge in [0.15, 0.2) is 0 Å². The topological polar surface area (TPSA) is 82.6 Å². The normalized spacial score (nSPS) is 14.3. The van der Waals surface area contributed by atoms with Crippen molar-refractivity contribution in [3.63, 3.8) is 0 Å². The van der Waals surface area contributed by atoms with E-state index >= 15 is 0 Å². The number of aryl methyl sites for hydroxylation is 1. The van der Waals surface area contributed by atoms with Gasteiger partial charge in [-0.1, -0.05) is 23.7 Å². The number of rotatable bonds is 5. The van der Waals surface area contributed by atoms with Gasteiger partial charge in [0.1, 0.15) is 11.6 Å². The SMILES string of the molecule is Cc1ccc(S(=O)(=O)Nc2cccc(C(=O)N3CCN(c4ncccc4Cl)CC3)c2)cc1F. The van der Waals surface area contributed by atoms with Crippen LogP contribution in [0, 0.1) is 12.7 Å². The van der Waals surface area contributed by atoms with Crippen LogP contribution in [0.5, 0.6) is 0 Å². The van der Waals surface area contributed by atoms with Crippen LogP contribution in [0.15, 0.2) is 65.7 Å². The number of carbonyl (C=O) groups is 1. The molecule has 4 rings (SSSR count). The van der Waals surface area contributed by atoms with E-state index in [9.17, 15) is 17.6 Å². The lowest BCUT2D eigenvalue weighted by Gasteiger charge is -2.35. The quantitative estimate of drug-likeness (QED) is 0.588. The lowest BCUT2D eigenvalue weighted by Crippen LogP contribution is -2.49. The highest BCUT2D eigenvalue weighted by Crippen LogP contribution is 2.24. The molecular formula is C23H22ClFN4O3S. The Morgan fingerprint density at radius 1 is 1.06 bits per heavy atom. The molecule has 1 aliphatic rings. The third kappa shape index (κ3) is 5.09. The maximum absolute atomic E-state index is 13.8. The van der Waals surface area contributed by atoms with Gasteiger partial charge in [-0.3, -0.25) is 9.52 Å². The average Bonchev–Trinajstić information content (AvgIpc) is 2.80. The van der Waals surface area contributed by atoms with Crippen molar-refractivity contribution in [3.05, 3.63) is 82.8 Å². The number of pyridine rings is 1. The first kappa shape index (κ1) is 23.0. The predicted molar refractivity (Wildman–Crippen MR) is 126 cm³/mol. The Balaban J connectivity index is 1.45. The molecule has 0 unspecified atom stereocenters.